The summed E-state index contributed by atoms with van der Waals surface area (Å²) in [6.07, 6.45) is 8.01. The van der Waals surface area contributed by atoms with Crippen LogP contribution in [0.4, 0.5) is 5.13 Å². The number of rotatable bonds is 5. The molecular formula is C17H26N4OS. The molecular weight excluding hydrogens is 308 g/mol. The van der Waals surface area contributed by atoms with Crippen molar-refractivity contribution in [3.63, 3.8) is 0 Å². The highest BCUT2D eigenvalue weighted by molar-refractivity contribution is 7.15. The summed E-state index contributed by atoms with van der Waals surface area (Å²) in [6, 6.07) is 0.504. The van der Waals surface area contributed by atoms with Crippen molar-refractivity contribution in [2.24, 2.45) is 0 Å². The molecule has 3 rings (SSSR count). The van der Waals surface area contributed by atoms with Gasteiger partial charge in [0.1, 0.15) is 5.76 Å². The van der Waals surface area contributed by atoms with Crippen LogP contribution in [-0.2, 0) is 18.3 Å². The fourth-order valence-corrected chi connectivity index (χ4v) is 3.53. The summed E-state index contributed by atoms with van der Waals surface area (Å²) in [5, 5.41) is 7.97. The molecule has 0 aliphatic carbocycles. The second kappa shape index (κ2) is 7.01. The van der Waals surface area contributed by atoms with Gasteiger partial charge in [0.05, 0.1) is 6.20 Å². The van der Waals surface area contributed by atoms with E-state index >= 15 is 0 Å². The van der Waals surface area contributed by atoms with Gasteiger partial charge in [-0.3, -0.25) is 0 Å². The summed E-state index contributed by atoms with van der Waals surface area (Å²) in [5.41, 5.74) is 0.0147. The molecule has 2 aromatic rings. The number of thiazole rings is 1. The molecule has 0 amide bonds. The first-order valence-corrected chi connectivity index (χ1v) is 9.19. The van der Waals surface area contributed by atoms with Crippen molar-refractivity contribution in [1.29, 1.82) is 0 Å². The Kier molecular flexibility index (Phi) is 5.02. The number of aryl methyl sites for hydroxylation is 2. The third-order valence-corrected chi connectivity index (χ3v) is 5.04. The van der Waals surface area contributed by atoms with Gasteiger partial charge in [-0.1, -0.05) is 20.8 Å². The summed E-state index contributed by atoms with van der Waals surface area (Å²) in [7, 11) is 0. The summed E-state index contributed by atoms with van der Waals surface area (Å²) >= 11 is 1.74. The van der Waals surface area contributed by atoms with Crippen molar-refractivity contribution in [3.8, 4) is 0 Å². The molecule has 0 spiro atoms. The number of anilines is 1. The lowest BCUT2D eigenvalue weighted by molar-refractivity contribution is 0.382. The largest absolute Gasteiger partial charge is 0.445 e. The van der Waals surface area contributed by atoms with Gasteiger partial charge in [-0.25, -0.2) is 9.97 Å². The van der Waals surface area contributed by atoms with Gasteiger partial charge in [0, 0.05) is 35.5 Å². The van der Waals surface area contributed by atoms with E-state index < -0.39 is 0 Å². The lowest BCUT2D eigenvalue weighted by Gasteiger charge is -2.23. The van der Waals surface area contributed by atoms with E-state index in [9.17, 15) is 0 Å². The van der Waals surface area contributed by atoms with E-state index in [0.29, 0.717) is 6.04 Å². The zero-order valence-electron chi connectivity index (χ0n) is 14.2. The maximum absolute atomic E-state index is 5.85. The summed E-state index contributed by atoms with van der Waals surface area (Å²) in [4.78, 5) is 10.2. The van der Waals surface area contributed by atoms with E-state index in [-0.39, 0.29) is 5.41 Å². The second-order valence-electron chi connectivity index (χ2n) is 7.19. The quantitative estimate of drug-likeness (QED) is 0.878. The molecule has 0 bridgehead atoms. The van der Waals surface area contributed by atoms with Crippen LogP contribution in [0.3, 0.4) is 0 Å². The van der Waals surface area contributed by atoms with Crippen molar-refractivity contribution in [3.05, 3.63) is 28.9 Å². The first kappa shape index (κ1) is 16.5. The number of aromatic nitrogens is 2. The van der Waals surface area contributed by atoms with Crippen LogP contribution in [0.5, 0.6) is 0 Å². The Morgan fingerprint density at radius 2 is 2.17 bits per heavy atom. The molecule has 0 saturated carbocycles. The zero-order valence-corrected chi connectivity index (χ0v) is 15.0. The molecule has 2 aromatic heterocycles. The van der Waals surface area contributed by atoms with E-state index in [4.69, 9.17) is 4.42 Å². The molecule has 1 saturated heterocycles. The Morgan fingerprint density at radius 3 is 2.87 bits per heavy atom. The smallest absolute Gasteiger partial charge is 0.194 e. The Hall–Kier alpha value is -1.40. The fraction of sp³-hybridized carbons (Fsp3) is 0.647. The lowest BCUT2D eigenvalue weighted by Crippen LogP contribution is -2.38. The van der Waals surface area contributed by atoms with Gasteiger partial charge in [-0.05, 0) is 25.8 Å². The van der Waals surface area contributed by atoms with E-state index in [1.54, 1.807) is 11.3 Å². The number of oxazole rings is 1. The molecule has 5 nitrogen and oxygen atoms in total. The minimum Gasteiger partial charge on any atom is -0.445 e. The first-order valence-electron chi connectivity index (χ1n) is 8.38. The van der Waals surface area contributed by atoms with Gasteiger partial charge in [-0.2, -0.15) is 0 Å². The number of hydrogen-bond acceptors (Lipinski definition) is 6. The summed E-state index contributed by atoms with van der Waals surface area (Å²) in [5.74, 6) is 1.76. The van der Waals surface area contributed by atoms with Crippen LogP contribution in [0.25, 0.3) is 0 Å². The van der Waals surface area contributed by atoms with E-state index in [1.165, 1.54) is 17.7 Å². The Bertz CT molecular complexity index is 623. The number of hydrogen-bond donors (Lipinski definition) is 2. The highest BCUT2D eigenvalue weighted by atomic mass is 32.1. The highest BCUT2D eigenvalue weighted by Crippen LogP contribution is 2.25. The monoisotopic (exact) mass is 334 g/mol. The second-order valence-corrected chi connectivity index (χ2v) is 8.30. The molecule has 1 aliphatic heterocycles. The third-order valence-electron chi connectivity index (χ3n) is 4.06. The number of nitrogens with one attached hydrogen (secondary N) is 2. The van der Waals surface area contributed by atoms with Crippen LogP contribution in [0, 0.1) is 0 Å². The van der Waals surface area contributed by atoms with Crippen molar-refractivity contribution >= 4 is 16.5 Å². The summed E-state index contributed by atoms with van der Waals surface area (Å²) < 4.78 is 5.85. The Balaban J connectivity index is 1.51. The van der Waals surface area contributed by atoms with Crippen LogP contribution < -0.4 is 10.6 Å². The van der Waals surface area contributed by atoms with Crippen LogP contribution in [0.1, 0.15) is 50.1 Å². The molecule has 126 valence electrons. The molecule has 1 unspecified atom stereocenters. The maximum Gasteiger partial charge on any atom is 0.194 e. The van der Waals surface area contributed by atoms with Crippen LogP contribution in [0.2, 0.25) is 0 Å². The van der Waals surface area contributed by atoms with Crippen molar-refractivity contribution in [2.75, 3.05) is 18.4 Å². The molecule has 0 aromatic carbocycles. The normalized spacial score (nSPS) is 19.0. The third kappa shape index (κ3) is 4.54. The molecule has 1 aliphatic rings. The minimum absolute atomic E-state index is 0.0147. The average Bonchev–Trinajstić information content (AvgIpc) is 3.15. The van der Waals surface area contributed by atoms with Gasteiger partial charge in [0.25, 0.3) is 0 Å². The van der Waals surface area contributed by atoms with Crippen molar-refractivity contribution in [1.82, 2.24) is 15.3 Å². The maximum atomic E-state index is 5.85. The van der Waals surface area contributed by atoms with Gasteiger partial charge in [0.2, 0.25) is 0 Å². The van der Waals surface area contributed by atoms with Gasteiger partial charge < -0.3 is 15.1 Å². The van der Waals surface area contributed by atoms with Crippen molar-refractivity contribution < 1.29 is 4.42 Å². The lowest BCUT2D eigenvalue weighted by atomic mass is 9.94. The van der Waals surface area contributed by atoms with Crippen molar-refractivity contribution in [2.45, 2.75) is 57.9 Å². The predicted molar refractivity (Wildman–Crippen MR) is 94.2 cm³/mol. The SMILES string of the molecule is CC(C)(C)c1cnc(CCc2cnc(NC3CCCNC3)s2)o1. The molecule has 3 heterocycles. The first-order chi connectivity index (χ1) is 11.0. The molecule has 1 fully saturated rings. The van der Waals surface area contributed by atoms with Crippen LogP contribution in [0.15, 0.2) is 16.8 Å². The molecule has 6 heteroatoms. The summed E-state index contributed by atoms with van der Waals surface area (Å²) in [6.45, 7) is 8.57. The number of piperidine rings is 1. The Labute approximate surface area is 141 Å². The molecule has 0 radical (unpaired) electrons. The molecule has 2 N–H and O–H groups in total. The zero-order chi connectivity index (χ0) is 16.3. The average molecular weight is 334 g/mol. The molecule has 23 heavy (non-hydrogen) atoms. The van der Waals surface area contributed by atoms with E-state index in [0.717, 1.165) is 42.7 Å². The fourth-order valence-electron chi connectivity index (χ4n) is 2.64. The van der Waals surface area contributed by atoms with Crippen LogP contribution >= 0.6 is 11.3 Å². The van der Waals surface area contributed by atoms with E-state index in [1.807, 2.05) is 12.4 Å². The van der Waals surface area contributed by atoms with Crippen LogP contribution in [-0.4, -0.2) is 29.1 Å². The van der Waals surface area contributed by atoms with Gasteiger partial charge >= 0.3 is 0 Å². The number of nitrogens with zero attached hydrogens (tertiary/aromatic N) is 2. The predicted octanol–water partition coefficient (Wildman–Crippen LogP) is 3.38. The van der Waals surface area contributed by atoms with Gasteiger partial charge in [0.15, 0.2) is 11.0 Å². The van der Waals surface area contributed by atoms with E-state index in [2.05, 4.69) is 41.4 Å². The topological polar surface area (TPSA) is 63.0 Å². The highest BCUT2D eigenvalue weighted by Gasteiger charge is 2.19. The minimum atomic E-state index is 0.0147. The molecule has 1 atom stereocenters. The van der Waals surface area contributed by atoms with Gasteiger partial charge in [-0.15, -0.1) is 11.3 Å². The standard InChI is InChI=1S/C17H26N4OS/c1-17(2,3)14-11-19-15(22-14)7-6-13-10-20-16(23-13)21-12-5-4-8-18-9-12/h10-12,18H,4-9H2,1-3H3,(H,20,21). The Morgan fingerprint density at radius 1 is 1.30 bits per heavy atom.